The molecule has 1 rings (SSSR count). The first-order valence-corrected chi connectivity index (χ1v) is 7.73. The van der Waals surface area contributed by atoms with Crippen molar-refractivity contribution in [1.82, 2.24) is 5.32 Å². The van der Waals surface area contributed by atoms with Gasteiger partial charge in [0.15, 0.2) is 11.5 Å². The second-order valence-electron chi connectivity index (χ2n) is 5.86. The summed E-state index contributed by atoms with van der Waals surface area (Å²) in [6, 6.07) is 3.19. The monoisotopic (exact) mass is 364 g/mol. The molecule has 0 heterocycles. The van der Waals surface area contributed by atoms with Crippen LogP contribution in [0.25, 0.3) is 0 Å². The van der Waals surface area contributed by atoms with E-state index in [-0.39, 0.29) is 18.3 Å². The first-order chi connectivity index (χ1) is 10.3. The summed E-state index contributed by atoms with van der Waals surface area (Å²) < 4.78 is 10.9. The van der Waals surface area contributed by atoms with Crippen molar-refractivity contribution in [3.63, 3.8) is 0 Å². The van der Waals surface area contributed by atoms with Gasteiger partial charge in [-0.2, -0.15) is 0 Å². The van der Waals surface area contributed by atoms with Crippen molar-refractivity contribution in [1.29, 1.82) is 0 Å². The van der Waals surface area contributed by atoms with Crippen LogP contribution in [0, 0.1) is 0 Å². The van der Waals surface area contributed by atoms with Gasteiger partial charge in [-0.3, -0.25) is 4.79 Å². The highest BCUT2D eigenvalue weighted by Crippen LogP contribution is 2.36. The molecule has 1 aromatic carbocycles. The fourth-order valence-corrected chi connectivity index (χ4v) is 1.98. The molecule has 0 aliphatic heterocycles. The number of nitrogens with one attached hydrogen (secondary N) is 1. The van der Waals surface area contributed by atoms with E-state index in [0.717, 1.165) is 12.8 Å². The van der Waals surface area contributed by atoms with Crippen LogP contribution >= 0.6 is 24.0 Å². The zero-order chi connectivity index (χ0) is 16.8. The number of unbranched alkanes of at least 4 members (excludes halogenated alkanes) is 1. The third-order valence-electron chi connectivity index (χ3n) is 2.94. The number of benzene rings is 1. The van der Waals surface area contributed by atoms with Gasteiger partial charge in [0.05, 0.1) is 18.7 Å². The Morgan fingerprint density at radius 1 is 1.39 bits per heavy atom. The molecule has 0 bridgehead atoms. The summed E-state index contributed by atoms with van der Waals surface area (Å²) in [5.41, 5.74) is 5.79. The lowest BCUT2D eigenvalue weighted by Gasteiger charge is -2.19. The topological polar surface area (TPSA) is 73.6 Å². The highest BCUT2D eigenvalue weighted by atomic mass is 35.5. The second-order valence-corrected chi connectivity index (χ2v) is 6.27. The largest absolute Gasteiger partial charge is 0.493 e. The Labute approximate surface area is 149 Å². The van der Waals surface area contributed by atoms with Gasteiger partial charge in [-0.1, -0.05) is 24.9 Å². The minimum Gasteiger partial charge on any atom is -0.493 e. The molecule has 5 nitrogen and oxygen atoms in total. The SMILES string of the molecule is CCCCOc1c(Cl)cc(C(=O)NCC(C)(C)N)cc1OC.Cl. The smallest absolute Gasteiger partial charge is 0.251 e. The van der Waals surface area contributed by atoms with Crippen LogP contribution in [-0.4, -0.2) is 31.7 Å². The van der Waals surface area contributed by atoms with E-state index in [1.54, 1.807) is 12.1 Å². The molecule has 0 saturated heterocycles. The number of methoxy groups -OCH3 is 1. The zero-order valence-electron chi connectivity index (χ0n) is 14.1. The highest BCUT2D eigenvalue weighted by molar-refractivity contribution is 6.32. The van der Waals surface area contributed by atoms with E-state index in [0.29, 0.717) is 35.2 Å². The van der Waals surface area contributed by atoms with Gasteiger partial charge in [0, 0.05) is 17.6 Å². The first-order valence-electron chi connectivity index (χ1n) is 7.36. The van der Waals surface area contributed by atoms with Crippen LogP contribution in [0.3, 0.4) is 0 Å². The molecule has 0 radical (unpaired) electrons. The molecule has 0 fully saturated rings. The summed E-state index contributed by atoms with van der Waals surface area (Å²) >= 11 is 6.22. The minimum absolute atomic E-state index is 0. The maximum Gasteiger partial charge on any atom is 0.251 e. The number of halogens is 2. The Bertz CT molecular complexity index is 517. The van der Waals surface area contributed by atoms with Gasteiger partial charge >= 0.3 is 0 Å². The van der Waals surface area contributed by atoms with Crippen molar-refractivity contribution >= 4 is 29.9 Å². The molecule has 3 N–H and O–H groups in total. The minimum atomic E-state index is -0.479. The van der Waals surface area contributed by atoms with Crippen molar-refractivity contribution in [3.8, 4) is 11.5 Å². The normalized spacial score (nSPS) is 10.7. The van der Waals surface area contributed by atoms with E-state index in [9.17, 15) is 4.79 Å². The number of hydrogen-bond acceptors (Lipinski definition) is 4. The van der Waals surface area contributed by atoms with Crippen molar-refractivity contribution in [2.45, 2.75) is 39.2 Å². The number of nitrogens with two attached hydrogens (primary N) is 1. The highest BCUT2D eigenvalue weighted by Gasteiger charge is 2.18. The van der Waals surface area contributed by atoms with Crippen molar-refractivity contribution in [2.75, 3.05) is 20.3 Å². The third kappa shape index (κ3) is 7.29. The van der Waals surface area contributed by atoms with E-state index in [2.05, 4.69) is 12.2 Å². The quantitative estimate of drug-likeness (QED) is 0.693. The summed E-state index contributed by atoms with van der Waals surface area (Å²) in [4.78, 5) is 12.2. The molecular formula is C16H26Cl2N2O3. The zero-order valence-corrected chi connectivity index (χ0v) is 15.6. The Balaban J connectivity index is 0.00000484. The van der Waals surface area contributed by atoms with E-state index in [1.807, 2.05) is 13.8 Å². The van der Waals surface area contributed by atoms with Crippen molar-refractivity contribution < 1.29 is 14.3 Å². The van der Waals surface area contributed by atoms with E-state index < -0.39 is 5.54 Å². The van der Waals surface area contributed by atoms with Gasteiger partial charge < -0.3 is 20.5 Å². The van der Waals surface area contributed by atoms with Gasteiger partial charge in [-0.05, 0) is 32.4 Å². The Morgan fingerprint density at radius 2 is 2.04 bits per heavy atom. The van der Waals surface area contributed by atoms with E-state index in [1.165, 1.54) is 7.11 Å². The van der Waals surface area contributed by atoms with Crippen LogP contribution in [0.15, 0.2) is 12.1 Å². The summed E-state index contributed by atoms with van der Waals surface area (Å²) in [6.07, 6.45) is 1.95. The number of ether oxygens (including phenoxy) is 2. The molecule has 23 heavy (non-hydrogen) atoms. The van der Waals surface area contributed by atoms with Gasteiger partial charge in [0.1, 0.15) is 0 Å². The van der Waals surface area contributed by atoms with E-state index >= 15 is 0 Å². The Kier molecular flexibility index (Phi) is 9.35. The van der Waals surface area contributed by atoms with Crippen LogP contribution in [0.4, 0.5) is 0 Å². The first kappa shape index (κ1) is 21.8. The molecule has 7 heteroatoms. The molecule has 0 aromatic heterocycles. The maximum atomic E-state index is 12.2. The fourth-order valence-electron chi connectivity index (χ4n) is 1.72. The molecule has 132 valence electrons. The average molecular weight is 365 g/mol. The number of carbonyl (C=O) groups excluding carboxylic acids is 1. The lowest BCUT2D eigenvalue weighted by atomic mass is 10.1. The van der Waals surface area contributed by atoms with E-state index in [4.69, 9.17) is 26.8 Å². The number of amides is 1. The summed E-state index contributed by atoms with van der Waals surface area (Å²) in [5.74, 6) is 0.660. The Hall–Kier alpha value is -1.17. The Morgan fingerprint density at radius 3 is 2.57 bits per heavy atom. The lowest BCUT2D eigenvalue weighted by Crippen LogP contribution is -2.45. The number of carbonyl (C=O) groups is 1. The fraction of sp³-hybridized carbons (Fsp3) is 0.562. The van der Waals surface area contributed by atoms with Crippen molar-refractivity contribution in [3.05, 3.63) is 22.7 Å². The molecule has 0 unspecified atom stereocenters. The van der Waals surface area contributed by atoms with Gasteiger partial charge in [-0.25, -0.2) is 0 Å². The molecule has 1 aromatic rings. The number of rotatable bonds is 8. The molecular weight excluding hydrogens is 339 g/mol. The molecule has 0 spiro atoms. The molecule has 0 aliphatic rings. The number of hydrogen-bond donors (Lipinski definition) is 2. The summed E-state index contributed by atoms with van der Waals surface area (Å²) in [6.45, 7) is 6.67. The van der Waals surface area contributed by atoms with Gasteiger partial charge in [-0.15, -0.1) is 12.4 Å². The van der Waals surface area contributed by atoms with Gasteiger partial charge in [0.25, 0.3) is 5.91 Å². The third-order valence-corrected chi connectivity index (χ3v) is 3.22. The molecule has 0 aliphatic carbocycles. The van der Waals surface area contributed by atoms with Crippen LogP contribution in [0.5, 0.6) is 11.5 Å². The van der Waals surface area contributed by atoms with Crippen LogP contribution < -0.4 is 20.5 Å². The predicted octanol–water partition coefficient (Wildman–Crippen LogP) is 3.42. The van der Waals surface area contributed by atoms with Crippen LogP contribution in [0.2, 0.25) is 5.02 Å². The lowest BCUT2D eigenvalue weighted by molar-refractivity contribution is 0.0945. The van der Waals surface area contributed by atoms with Crippen LogP contribution in [0.1, 0.15) is 44.0 Å². The molecule has 0 saturated carbocycles. The second kappa shape index (κ2) is 9.85. The van der Waals surface area contributed by atoms with Gasteiger partial charge in [0.2, 0.25) is 0 Å². The maximum absolute atomic E-state index is 12.2. The summed E-state index contributed by atoms with van der Waals surface area (Å²) in [5, 5.41) is 3.12. The average Bonchev–Trinajstić information content (AvgIpc) is 2.45. The van der Waals surface area contributed by atoms with Crippen LogP contribution in [-0.2, 0) is 0 Å². The van der Waals surface area contributed by atoms with Crippen molar-refractivity contribution in [2.24, 2.45) is 5.73 Å². The standard InChI is InChI=1S/C16H25ClN2O3.ClH/c1-5-6-7-22-14-12(17)8-11(9-13(14)21-4)15(20)19-10-16(2,3)18;/h8-9H,5-7,10,18H2,1-4H3,(H,19,20);1H. The molecule has 0 atom stereocenters. The summed E-state index contributed by atoms with van der Waals surface area (Å²) in [7, 11) is 1.52. The molecule has 1 amide bonds. The predicted molar refractivity (Wildman–Crippen MR) is 96.3 cm³/mol.